The molecule has 3 heteroatoms. The van der Waals surface area contributed by atoms with Gasteiger partial charge in [-0.3, -0.25) is 4.90 Å². The van der Waals surface area contributed by atoms with Gasteiger partial charge in [0.1, 0.15) is 0 Å². The number of morpholine rings is 1. The zero-order chi connectivity index (χ0) is 9.97. The Bertz CT molecular complexity index is 186. The summed E-state index contributed by atoms with van der Waals surface area (Å²) in [7, 11) is 0. The Balaban J connectivity index is 1.97. The van der Waals surface area contributed by atoms with Crippen LogP contribution in [-0.4, -0.2) is 43.3 Å². The quantitative estimate of drug-likeness (QED) is 0.714. The Kier molecular flexibility index (Phi) is 3.42. The van der Waals surface area contributed by atoms with E-state index in [1.165, 1.54) is 19.3 Å². The maximum absolute atomic E-state index is 5.82. The number of rotatable bonds is 2. The highest BCUT2D eigenvalue weighted by Crippen LogP contribution is 2.31. The summed E-state index contributed by atoms with van der Waals surface area (Å²) in [6.45, 7) is 6.02. The van der Waals surface area contributed by atoms with Crippen molar-refractivity contribution in [2.75, 3.05) is 26.3 Å². The fraction of sp³-hybridized carbons (Fsp3) is 1.00. The van der Waals surface area contributed by atoms with E-state index in [-0.39, 0.29) is 0 Å². The summed E-state index contributed by atoms with van der Waals surface area (Å²) >= 11 is 0. The Labute approximate surface area is 86.6 Å². The molecule has 1 aliphatic heterocycles. The summed E-state index contributed by atoms with van der Waals surface area (Å²) in [5.41, 5.74) is 5.82. The molecule has 0 radical (unpaired) electrons. The highest BCUT2D eigenvalue weighted by atomic mass is 16.5. The summed E-state index contributed by atoms with van der Waals surface area (Å²) in [6, 6.07) is 1.32. The topological polar surface area (TPSA) is 38.5 Å². The van der Waals surface area contributed by atoms with E-state index >= 15 is 0 Å². The third kappa shape index (κ3) is 1.95. The highest BCUT2D eigenvalue weighted by molar-refractivity contribution is 4.89. The summed E-state index contributed by atoms with van der Waals surface area (Å²) in [4.78, 5) is 2.62. The van der Waals surface area contributed by atoms with Crippen molar-refractivity contribution in [1.82, 2.24) is 4.90 Å². The Hall–Kier alpha value is -0.120. The second-order valence-electron chi connectivity index (χ2n) is 4.66. The van der Waals surface area contributed by atoms with Crippen molar-refractivity contribution < 1.29 is 4.74 Å². The van der Waals surface area contributed by atoms with Crippen LogP contribution in [0.25, 0.3) is 0 Å². The number of nitrogens with zero attached hydrogens (tertiary/aromatic N) is 1. The van der Waals surface area contributed by atoms with Crippen LogP contribution < -0.4 is 5.73 Å². The van der Waals surface area contributed by atoms with E-state index in [0.717, 1.165) is 38.3 Å². The molecule has 0 amide bonds. The van der Waals surface area contributed by atoms with Crippen LogP contribution in [0.5, 0.6) is 0 Å². The van der Waals surface area contributed by atoms with Gasteiger partial charge in [0.05, 0.1) is 13.2 Å². The SMILES string of the molecule is CC1COCCN1C1CCCC1CN. The van der Waals surface area contributed by atoms with Crippen LogP contribution in [0.15, 0.2) is 0 Å². The van der Waals surface area contributed by atoms with E-state index in [0.29, 0.717) is 6.04 Å². The second kappa shape index (κ2) is 4.60. The molecule has 82 valence electrons. The van der Waals surface area contributed by atoms with Gasteiger partial charge in [-0.15, -0.1) is 0 Å². The molecule has 0 aromatic heterocycles. The van der Waals surface area contributed by atoms with Crippen molar-refractivity contribution in [2.45, 2.75) is 38.3 Å². The molecular formula is C11H22N2O. The van der Waals surface area contributed by atoms with Crippen LogP contribution in [0.2, 0.25) is 0 Å². The van der Waals surface area contributed by atoms with Crippen LogP contribution in [0, 0.1) is 5.92 Å². The summed E-state index contributed by atoms with van der Waals surface area (Å²) in [6.07, 6.45) is 4.02. The molecule has 1 saturated carbocycles. The van der Waals surface area contributed by atoms with Crippen molar-refractivity contribution in [1.29, 1.82) is 0 Å². The van der Waals surface area contributed by atoms with Gasteiger partial charge in [0.25, 0.3) is 0 Å². The van der Waals surface area contributed by atoms with Crippen molar-refractivity contribution in [3.05, 3.63) is 0 Å². The van der Waals surface area contributed by atoms with Crippen molar-refractivity contribution in [3.63, 3.8) is 0 Å². The minimum atomic E-state index is 0.584. The van der Waals surface area contributed by atoms with Crippen molar-refractivity contribution in [3.8, 4) is 0 Å². The van der Waals surface area contributed by atoms with E-state index in [9.17, 15) is 0 Å². The first-order valence-electron chi connectivity index (χ1n) is 5.86. The molecule has 1 heterocycles. The summed E-state index contributed by atoms with van der Waals surface area (Å²) in [5.74, 6) is 0.732. The third-order valence-corrected chi connectivity index (χ3v) is 3.77. The largest absolute Gasteiger partial charge is 0.379 e. The number of nitrogens with two attached hydrogens (primary N) is 1. The zero-order valence-electron chi connectivity index (χ0n) is 9.11. The standard InChI is InChI=1S/C11H22N2O/c1-9-8-14-6-5-13(9)11-4-2-3-10(11)7-12/h9-11H,2-8,12H2,1H3. The average Bonchev–Trinajstić information content (AvgIpc) is 2.66. The molecule has 1 aliphatic carbocycles. The van der Waals surface area contributed by atoms with Crippen molar-refractivity contribution in [2.24, 2.45) is 11.7 Å². The molecule has 3 unspecified atom stereocenters. The van der Waals surface area contributed by atoms with Gasteiger partial charge in [0.15, 0.2) is 0 Å². The van der Waals surface area contributed by atoms with Crippen molar-refractivity contribution >= 4 is 0 Å². The number of ether oxygens (including phenoxy) is 1. The van der Waals surface area contributed by atoms with Gasteiger partial charge in [-0.1, -0.05) is 6.42 Å². The molecule has 2 N–H and O–H groups in total. The zero-order valence-corrected chi connectivity index (χ0v) is 9.11. The lowest BCUT2D eigenvalue weighted by Gasteiger charge is -2.40. The monoisotopic (exact) mass is 198 g/mol. The third-order valence-electron chi connectivity index (χ3n) is 3.77. The predicted molar refractivity (Wildman–Crippen MR) is 57.2 cm³/mol. The van der Waals surface area contributed by atoms with Crippen LogP contribution >= 0.6 is 0 Å². The fourth-order valence-electron chi connectivity index (χ4n) is 2.96. The van der Waals surface area contributed by atoms with Crippen LogP contribution in [0.1, 0.15) is 26.2 Å². The molecule has 3 nitrogen and oxygen atoms in total. The van der Waals surface area contributed by atoms with E-state index in [4.69, 9.17) is 10.5 Å². The molecule has 2 rings (SSSR count). The molecule has 2 fully saturated rings. The van der Waals surface area contributed by atoms with Gasteiger partial charge in [-0.2, -0.15) is 0 Å². The molecule has 14 heavy (non-hydrogen) atoms. The van der Waals surface area contributed by atoms with Gasteiger partial charge in [0.2, 0.25) is 0 Å². The summed E-state index contributed by atoms with van der Waals surface area (Å²) in [5, 5.41) is 0. The number of hydrogen-bond acceptors (Lipinski definition) is 3. The maximum Gasteiger partial charge on any atom is 0.0619 e. The first kappa shape index (κ1) is 10.4. The van der Waals surface area contributed by atoms with Crippen LogP contribution in [0.3, 0.4) is 0 Å². The lowest BCUT2D eigenvalue weighted by atomic mass is 10.0. The van der Waals surface area contributed by atoms with Crippen LogP contribution in [0.4, 0.5) is 0 Å². The maximum atomic E-state index is 5.82. The first-order chi connectivity index (χ1) is 6.83. The smallest absolute Gasteiger partial charge is 0.0619 e. The Morgan fingerprint density at radius 2 is 2.29 bits per heavy atom. The lowest BCUT2D eigenvalue weighted by molar-refractivity contribution is -0.0289. The minimum Gasteiger partial charge on any atom is -0.379 e. The highest BCUT2D eigenvalue weighted by Gasteiger charge is 2.34. The Morgan fingerprint density at radius 3 is 3.00 bits per heavy atom. The molecule has 3 atom stereocenters. The van der Waals surface area contributed by atoms with Gasteiger partial charge >= 0.3 is 0 Å². The van der Waals surface area contributed by atoms with Gasteiger partial charge in [-0.25, -0.2) is 0 Å². The van der Waals surface area contributed by atoms with E-state index in [1.807, 2.05) is 0 Å². The normalized spacial score (nSPS) is 40.3. The molecule has 0 aromatic rings. The molecule has 1 saturated heterocycles. The molecule has 0 bridgehead atoms. The summed E-state index contributed by atoms with van der Waals surface area (Å²) < 4.78 is 5.47. The first-order valence-corrected chi connectivity index (χ1v) is 5.86. The van der Waals surface area contributed by atoms with Gasteiger partial charge < -0.3 is 10.5 Å². The lowest BCUT2D eigenvalue weighted by Crippen LogP contribution is -2.51. The van der Waals surface area contributed by atoms with E-state index < -0.39 is 0 Å². The molecule has 2 aliphatic rings. The minimum absolute atomic E-state index is 0.584. The molecule has 0 aromatic carbocycles. The Morgan fingerprint density at radius 1 is 1.43 bits per heavy atom. The van der Waals surface area contributed by atoms with Gasteiger partial charge in [0, 0.05) is 18.6 Å². The van der Waals surface area contributed by atoms with Gasteiger partial charge in [-0.05, 0) is 32.2 Å². The van der Waals surface area contributed by atoms with Crippen LogP contribution in [-0.2, 0) is 4.74 Å². The molecular weight excluding hydrogens is 176 g/mol. The van der Waals surface area contributed by atoms with E-state index in [2.05, 4.69) is 11.8 Å². The number of hydrogen-bond donors (Lipinski definition) is 1. The van der Waals surface area contributed by atoms with E-state index in [1.54, 1.807) is 0 Å². The second-order valence-corrected chi connectivity index (χ2v) is 4.66. The molecule has 0 spiro atoms. The average molecular weight is 198 g/mol. The predicted octanol–water partition coefficient (Wildman–Crippen LogP) is 0.834. The fourth-order valence-corrected chi connectivity index (χ4v) is 2.96.